The first-order valence-electron chi connectivity index (χ1n) is 9.37. The molecular weight excluding hydrogens is 364 g/mol. The molecule has 0 aromatic heterocycles. The van der Waals surface area contributed by atoms with E-state index in [-0.39, 0.29) is 30.1 Å². The molecule has 1 N–H and O–H groups in total. The molecule has 1 saturated carbocycles. The van der Waals surface area contributed by atoms with Crippen molar-refractivity contribution in [3.8, 4) is 0 Å². The average molecular weight is 385 g/mol. The summed E-state index contributed by atoms with van der Waals surface area (Å²) in [6.45, 7) is 1.80. The average Bonchev–Trinajstić information content (AvgIpc) is 3.42. The van der Waals surface area contributed by atoms with E-state index in [2.05, 4.69) is 5.32 Å². The van der Waals surface area contributed by atoms with Gasteiger partial charge in [-0.3, -0.25) is 9.59 Å². The zero-order chi connectivity index (χ0) is 19.8. The Labute approximate surface area is 161 Å². The molecule has 2 aliphatic rings. The van der Waals surface area contributed by atoms with Crippen molar-refractivity contribution in [2.24, 2.45) is 0 Å². The van der Waals surface area contributed by atoms with Crippen LogP contribution in [0, 0.1) is 11.6 Å². The quantitative estimate of drug-likeness (QED) is 0.854. The summed E-state index contributed by atoms with van der Waals surface area (Å²) in [5.41, 5.74) is 1.25. The van der Waals surface area contributed by atoms with Crippen LogP contribution in [0.15, 0.2) is 42.5 Å². The number of carbonyl (C=O) groups is 2. The Morgan fingerprint density at radius 3 is 2.29 bits per heavy atom. The number of halogens is 2. The molecule has 4 rings (SSSR count). The highest BCUT2D eigenvalue weighted by Gasteiger charge is 2.35. The molecule has 2 fully saturated rings. The Morgan fingerprint density at radius 2 is 1.71 bits per heavy atom. The number of nitrogens with one attached hydrogen (secondary N) is 1. The number of anilines is 3. The van der Waals surface area contributed by atoms with Gasteiger partial charge in [-0.05, 0) is 55.7 Å². The molecule has 2 aromatic carbocycles. The Bertz CT molecular complexity index is 892. The summed E-state index contributed by atoms with van der Waals surface area (Å²) in [4.78, 5) is 27.5. The van der Waals surface area contributed by atoms with E-state index in [1.54, 1.807) is 11.8 Å². The highest BCUT2D eigenvalue weighted by molar-refractivity contribution is 6.01. The molecular formula is C21H21F2N3O2. The molecule has 5 nitrogen and oxygen atoms in total. The smallest absolute Gasteiger partial charge is 0.249 e. The van der Waals surface area contributed by atoms with Crippen LogP contribution in [0.5, 0.6) is 0 Å². The number of hydrogen-bond acceptors (Lipinski definition) is 3. The maximum Gasteiger partial charge on any atom is 0.249 e. The molecule has 1 unspecified atom stereocenters. The molecule has 1 saturated heterocycles. The second kappa shape index (κ2) is 7.22. The molecule has 1 aliphatic heterocycles. The van der Waals surface area contributed by atoms with E-state index in [4.69, 9.17) is 0 Å². The number of benzene rings is 2. The van der Waals surface area contributed by atoms with Crippen molar-refractivity contribution >= 4 is 28.9 Å². The van der Waals surface area contributed by atoms with Gasteiger partial charge in [-0.1, -0.05) is 6.07 Å². The summed E-state index contributed by atoms with van der Waals surface area (Å²) in [7, 11) is 0. The molecule has 1 heterocycles. The molecule has 0 bridgehead atoms. The third kappa shape index (κ3) is 3.44. The molecule has 2 amide bonds. The Balaban J connectivity index is 1.46. The Hall–Kier alpha value is -2.96. The Morgan fingerprint density at radius 1 is 1.07 bits per heavy atom. The number of carbonyl (C=O) groups excluding carboxylic acids is 2. The minimum Gasteiger partial charge on any atom is -0.374 e. The summed E-state index contributed by atoms with van der Waals surface area (Å²) in [6.07, 6.45) is 2.47. The number of para-hydroxylation sites is 1. The molecule has 1 aliphatic carbocycles. The van der Waals surface area contributed by atoms with Crippen LogP contribution >= 0.6 is 0 Å². The van der Waals surface area contributed by atoms with Crippen LogP contribution in [-0.2, 0) is 9.59 Å². The predicted molar refractivity (Wildman–Crippen MR) is 103 cm³/mol. The lowest BCUT2D eigenvalue weighted by molar-refractivity contribution is -0.118. The fourth-order valence-electron chi connectivity index (χ4n) is 3.68. The van der Waals surface area contributed by atoms with E-state index in [1.807, 2.05) is 24.3 Å². The fourth-order valence-corrected chi connectivity index (χ4v) is 3.68. The summed E-state index contributed by atoms with van der Waals surface area (Å²) in [5, 5.41) is 3.13. The van der Waals surface area contributed by atoms with Gasteiger partial charge in [0.25, 0.3) is 0 Å². The highest BCUT2D eigenvalue weighted by Crippen LogP contribution is 2.33. The molecule has 146 valence electrons. The third-order valence-corrected chi connectivity index (χ3v) is 5.15. The zero-order valence-electron chi connectivity index (χ0n) is 15.5. The topological polar surface area (TPSA) is 52.7 Å². The minimum absolute atomic E-state index is 0.0109. The van der Waals surface area contributed by atoms with Gasteiger partial charge in [0.1, 0.15) is 23.4 Å². The molecule has 0 radical (unpaired) electrons. The molecule has 28 heavy (non-hydrogen) atoms. The number of hydrogen-bond donors (Lipinski definition) is 1. The zero-order valence-corrected chi connectivity index (χ0v) is 15.5. The lowest BCUT2D eigenvalue weighted by Gasteiger charge is -2.22. The number of rotatable bonds is 5. The number of nitrogens with zero attached hydrogens (tertiary/aromatic N) is 2. The van der Waals surface area contributed by atoms with Crippen LogP contribution in [0.3, 0.4) is 0 Å². The van der Waals surface area contributed by atoms with Crippen LogP contribution in [0.4, 0.5) is 25.8 Å². The van der Waals surface area contributed by atoms with E-state index < -0.39 is 17.7 Å². The van der Waals surface area contributed by atoms with Gasteiger partial charge in [0.05, 0.1) is 0 Å². The van der Waals surface area contributed by atoms with Gasteiger partial charge < -0.3 is 15.1 Å². The highest BCUT2D eigenvalue weighted by atomic mass is 19.1. The summed E-state index contributed by atoms with van der Waals surface area (Å²) >= 11 is 0. The van der Waals surface area contributed by atoms with Gasteiger partial charge in [0.2, 0.25) is 11.8 Å². The lowest BCUT2D eigenvalue weighted by atomic mass is 10.2. The van der Waals surface area contributed by atoms with Crippen LogP contribution < -0.4 is 15.1 Å². The SMILES string of the molecule is CC(=O)N(c1ccc(NC2CCN(c3c(F)cccc3F)C2=O)cc1)C1CC1. The molecule has 0 spiro atoms. The number of amides is 2. The summed E-state index contributed by atoms with van der Waals surface area (Å²) < 4.78 is 28.0. The fraction of sp³-hybridized carbons (Fsp3) is 0.333. The largest absolute Gasteiger partial charge is 0.374 e. The van der Waals surface area contributed by atoms with Crippen molar-refractivity contribution < 1.29 is 18.4 Å². The van der Waals surface area contributed by atoms with Crippen molar-refractivity contribution in [1.82, 2.24) is 0 Å². The minimum atomic E-state index is -0.747. The summed E-state index contributed by atoms with van der Waals surface area (Å²) in [6, 6.07) is 10.6. The van der Waals surface area contributed by atoms with Gasteiger partial charge in [-0.2, -0.15) is 0 Å². The lowest BCUT2D eigenvalue weighted by Crippen LogP contribution is -2.34. The van der Waals surface area contributed by atoms with Gasteiger partial charge in [-0.25, -0.2) is 8.78 Å². The van der Waals surface area contributed by atoms with Crippen molar-refractivity contribution in [3.05, 3.63) is 54.1 Å². The summed E-state index contributed by atoms with van der Waals surface area (Å²) in [5.74, 6) is -1.85. The second-order valence-electron chi connectivity index (χ2n) is 7.21. The van der Waals surface area contributed by atoms with Crippen molar-refractivity contribution in [3.63, 3.8) is 0 Å². The first-order chi connectivity index (χ1) is 13.5. The molecule has 7 heteroatoms. The van der Waals surface area contributed by atoms with Gasteiger partial charge in [0, 0.05) is 30.9 Å². The normalized spacial score (nSPS) is 19.0. The standard InChI is InChI=1S/C21H21F2N3O2/c1-13(27)26(16-9-10-16)15-7-5-14(6-8-15)24-19-11-12-25(21(19)28)20-17(22)3-2-4-18(20)23/h2-8,16,19,24H,9-12H2,1H3. The van der Waals surface area contributed by atoms with Crippen LogP contribution in [0.1, 0.15) is 26.2 Å². The van der Waals surface area contributed by atoms with Crippen LogP contribution in [0.25, 0.3) is 0 Å². The van der Waals surface area contributed by atoms with Gasteiger partial charge in [-0.15, -0.1) is 0 Å². The van der Waals surface area contributed by atoms with E-state index in [1.165, 1.54) is 6.07 Å². The van der Waals surface area contributed by atoms with E-state index in [0.29, 0.717) is 6.42 Å². The van der Waals surface area contributed by atoms with Crippen molar-refractivity contribution in [1.29, 1.82) is 0 Å². The maximum absolute atomic E-state index is 14.0. The van der Waals surface area contributed by atoms with E-state index >= 15 is 0 Å². The third-order valence-electron chi connectivity index (χ3n) is 5.15. The van der Waals surface area contributed by atoms with E-state index in [0.717, 1.165) is 41.2 Å². The van der Waals surface area contributed by atoms with Gasteiger partial charge in [0.15, 0.2) is 0 Å². The maximum atomic E-state index is 14.0. The Kier molecular flexibility index (Phi) is 4.75. The first kappa shape index (κ1) is 18.4. The molecule has 1 atom stereocenters. The predicted octanol–water partition coefficient (Wildman–Crippen LogP) is 3.70. The van der Waals surface area contributed by atoms with Crippen LogP contribution in [-0.4, -0.2) is 30.4 Å². The van der Waals surface area contributed by atoms with Crippen molar-refractivity contribution in [2.75, 3.05) is 21.7 Å². The second-order valence-corrected chi connectivity index (χ2v) is 7.21. The van der Waals surface area contributed by atoms with E-state index in [9.17, 15) is 18.4 Å². The molecule has 2 aromatic rings. The van der Waals surface area contributed by atoms with Crippen LogP contribution in [0.2, 0.25) is 0 Å². The van der Waals surface area contributed by atoms with Gasteiger partial charge >= 0.3 is 0 Å². The first-order valence-corrected chi connectivity index (χ1v) is 9.37. The van der Waals surface area contributed by atoms with Crippen molar-refractivity contribution in [2.45, 2.75) is 38.3 Å². The monoisotopic (exact) mass is 385 g/mol.